The van der Waals surface area contributed by atoms with Gasteiger partial charge < -0.3 is 66.9 Å². The van der Waals surface area contributed by atoms with Crippen molar-refractivity contribution in [2.24, 2.45) is 0 Å². The molecule has 1 heterocycles. The molecular formula is C35H43BrN10O3. The number of anilines is 10. The van der Waals surface area contributed by atoms with Crippen molar-refractivity contribution in [3.63, 3.8) is 0 Å². The molecule has 0 amide bonds. The second kappa shape index (κ2) is 22.0. The first kappa shape index (κ1) is 40.4. The zero-order valence-electron chi connectivity index (χ0n) is 26.6. The lowest BCUT2D eigenvalue weighted by Crippen LogP contribution is -1.91. The number of aromatic carboxylic acids is 1. The molecular weight excluding hydrogens is 688 g/mol. The number of carboxylic acid groups (broad SMARTS) is 1. The number of nitrogen functional groups attached to an aromatic ring is 10. The van der Waals surface area contributed by atoms with Crippen LogP contribution in [0.2, 0.25) is 0 Å². The van der Waals surface area contributed by atoms with E-state index in [1.165, 1.54) is 12.3 Å². The highest BCUT2D eigenvalue weighted by Gasteiger charge is 2.05. The summed E-state index contributed by atoms with van der Waals surface area (Å²) in [7, 11) is 0. The number of furan rings is 1. The van der Waals surface area contributed by atoms with Gasteiger partial charge in [0.05, 0.1) is 4.47 Å². The summed E-state index contributed by atoms with van der Waals surface area (Å²) in [6.45, 7) is 0. The van der Waals surface area contributed by atoms with Crippen LogP contribution in [-0.2, 0) is 0 Å². The minimum absolute atomic E-state index is 0.0538. The summed E-state index contributed by atoms with van der Waals surface area (Å²) in [5.41, 5.74) is 61.2. The molecule has 0 fully saturated rings. The minimum Gasteiger partial charge on any atom is -0.475 e. The SMILES string of the molecule is Nc1ccc(N)cc1.Nc1ccc(N)cc1.Nc1ccc(N)cc1.Nc1ccc(N)cc1.Nc1ccc(N)cc1.O=C(O)c1cc(Br)co1. The van der Waals surface area contributed by atoms with Crippen LogP contribution in [0, 0.1) is 0 Å². The molecule has 1 aromatic heterocycles. The van der Waals surface area contributed by atoms with E-state index in [4.69, 9.17) is 62.4 Å². The Kier molecular flexibility index (Phi) is 18.1. The van der Waals surface area contributed by atoms with Gasteiger partial charge in [0, 0.05) is 62.9 Å². The molecule has 0 unspecified atom stereocenters. The number of rotatable bonds is 1. The van der Waals surface area contributed by atoms with Crippen molar-refractivity contribution in [2.75, 3.05) is 57.3 Å². The van der Waals surface area contributed by atoms with E-state index in [9.17, 15) is 4.79 Å². The maximum absolute atomic E-state index is 10.1. The van der Waals surface area contributed by atoms with Crippen LogP contribution in [0.3, 0.4) is 0 Å². The second-order valence-corrected chi connectivity index (χ2v) is 10.7. The fraction of sp³-hybridized carbons (Fsp3) is 0. The van der Waals surface area contributed by atoms with E-state index >= 15 is 0 Å². The van der Waals surface area contributed by atoms with E-state index in [1.54, 1.807) is 121 Å². The molecule has 0 aliphatic carbocycles. The number of nitrogens with two attached hydrogens (primary N) is 10. The third kappa shape index (κ3) is 20.1. The number of hydrogen-bond donors (Lipinski definition) is 11. The normalized spacial score (nSPS) is 9.08. The van der Waals surface area contributed by atoms with Gasteiger partial charge in [0.15, 0.2) is 0 Å². The molecule has 5 aromatic carbocycles. The van der Waals surface area contributed by atoms with Crippen molar-refractivity contribution in [3.05, 3.63) is 144 Å². The molecule has 0 aliphatic rings. The topological polar surface area (TPSA) is 311 Å². The summed E-state index contributed by atoms with van der Waals surface area (Å²) in [5, 5.41) is 8.28. The summed E-state index contributed by atoms with van der Waals surface area (Å²) in [6, 6.07) is 36.9. The van der Waals surface area contributed by atoms with Crippen molar-refractivity contribution in [1.29, 1.82) is 0 Å². The van der Waals surface area contributed by atoms with Gasteiger partial charge in [-0.1, -0.05) is 0 Å². The molecule has 0 saturated carbocycles. The van der Waals surface area contributed by atoms with Gasteiger partial charge in [0.1, 0.15) is 6.26 Å². The molecule has 49 heavy (non-hydrogen) atoms. The first-order valence-electron chi connectivity index (χ1n) is 14.2. The Labute approximate surface area is 293 Å². The molecule has 21 N–H and O–H groups in total. The first-order chi connectivity index (χ1) is 23.1. The highest BCUT2D eigenvalue weighted by Crippen LogP contribution is 2.13. The van der Waals surface area contributed by atoms with Gasteiger partial charge in [0.25, 0.3) is 0 Å². The molecule has 0 aliphatic heterocycles. The van der Waals surface area contributed by atoms with Crippen LogP contribution in [0.25, 0.3) is 0 Å². The van der Waals surface area contributed by atoms with Crippen molar-refractivity contribution in [3.8, 4) is 0 Å². The number of halogens is 1. The zero-order chi connectivity index (χ0) is 36.8. The van der Waals surface area contributed by atoms with E-state index in [2.05, 4.69) is 20.3 Å². The number of carboxylic acids is 1. The first-order valence-corrected chi connectivity index (χ1v) is 15.0. The van der Waals surface area contributed by atoms with E-state index in [0.717, 1.165) is 56.9 Å². The van der Waals surface area contributed by atoms with Crippen molar-refractivity contribution in [1.82, 2.24) is 0 Å². The minimum atomic E-state index is -1.05. The van der Waals surface area contributed by atoms with Crippen LogP contribution in [0.4, 0.5) is 56.9 Å². The average Bonchev–Trinajstić information content (AvgIpc) is 3.52. The third-order valence-electron chi connectivity index (χ3n) is 5.46. The van der Waals surface area contributed by atoms with Crippen LogP contribution < -0.4 is 57.3 Å². The zero-order valence-corrected chi connectivity index (χ0v) is 28.2. The molecule has 13 nitrogen and oxygen atoms in total. The van der Waals surface area contributed by atoms with Crippen molar-refractivity contribution in [2.45, 2.75) is 0 Å². The second-order valence-electron chi connectivity index (χ2n) is 9.77. The molecule has 0 bridgehead atoms. The predicted molar refractivity (Wildman–Crippen MR) is 210 cm³/mol. The number of carbonyl (C=O) groups is 1. The molecule has 0 spiro atoms. The summed E-state index contributed by atoms with van der Waals surface area (Å²) >= 11 is 3.04. The van der Waals surface area contributed by atoms with Gasteiger partial charge in [-0.2, -0.15) is 0 Å². The Balaban J connectivity index is 0.000000294. The lowest BCUT2D eigenvalue weighted by atomic mass is 10.3. The molecule has 6 aromatic rings. The van der Waals surface area contributed by atoms with E-state index in [0.29, 0.717) is 4.47 Å². The van der Waals surface area contributed by atoms with Gasteiger partial charge in [-0.05, 0) is 137 Å². The molecule has 0 radical (unpaired) electrons. The Morgan fingerprint density at radius 3 is 0.653 bits per heavy atom. The van der Waals surface area contributed by atoms with Gasteiger partial charge >= 0.3 is 5.97 Å². The highest BCUT2D eigenvalue weighted by molar-refractivity contribution is 9.10. The Morgan fingerprint density at radius 2 is 0.571 bits per heavy atom. The Hall–Kier alpha value is -6.67. The summed E-state index contributed by atoms with van der Waals surface area (Å²) < 4.78 is 5.22. The standard InChI is InChI=1S/5C6H8N2.C5H3BrO3/c5*7-5-1-2-6(8)4-3-5;6-3-1-4(5(7)8)9-2-3/h5*1-4H,7-8H2;1-2H,(H,7,8). The van der Waals surface area contributed by atoms with E-state index in [1.807, 2.05) is 0 Å². The average molecular weight is 732 g/mol. The quantitative estimate of drug-likeness (QED) is 0.0866. The van der Waals surface area contributed by atoms with Gasteiger partial charge in [0.2, 0.25) is 5.76 Å². The molecule has 6 rings (SSSR count). The van der Waals surface area contributed by atoms with E-state index < -0.39 is 5.97 Å². The lowest BCUT2D eigenvalue weighted by molar-refractivity contribution is 0.0662. The fourth-order valence-corrected chi connectivity index (χ4v) is 3.21. The summed E-state index contributed by atoms with van der Waals surface area (Å²) in [6.07, 6.45) is 1.32. The van der Waals surface area contributed by atoms with Crippen molar-refractivity contribution >= 4 is 78.8 Å². The smallest absolute Gasteiger partial charge is 0.371 e. The highest BCUT2D eigenvalue weighted by atomic mass is 79.9. The van der Waals surface area contributed by atoms with Gasteiger partial charge in [-0.25, -0.2) is 4.79 Å². The van der Waals surface area contributed by atoms with Gasteiger partial charge in [-0.15, -0.1) is 0 Å². The van der Waals surface area contributed by atoms with Crippen molar-refractivity contribution < 1.29 is 14.3 Å². The van der Waals surface area contributed by atoms with Gasteiger partial charge in [-0.3, -0.25) is 0 Å². The number of hydrogen-bond acceptors (Lipinski definition) is 12. The Morgan fingerprint density at radius 1 is 0.408 bits per heavy atom. The monoisotopic (exact) mass is 730 g/mol. The van der Waals surface area contributed by atoms with Crippen LogP contribution in [0.5, 0.6) is 0 Å². The molecule has 0 saturated heterocycles. The van der Waals surface area contributed by atoms with Crippen LogP contribution >= 0.6 is 15.9 Å². The molecule has 0 atom stereocenters. The van der Waals surface area contributed by atoms with E-state index in [-0.39, 0.29) is 5.76 Å². The van der Waals surface area contributed by atoms with Crippen LogP contribution in [-0.4, -0.2) is 11.1 Å². The van der Waals surface area contributed by atoms with Crippen LogP contribution in [0.15, 0.2) is 143 Å². The lowest BCUT2D eigenvalue weighted by Gasteiger charge is -1.90. The third-order valence-corrected chi connectivity index (χ3v) is 5.88. The predicted octanol–water partition coefficient (Wildman–Crippen LogP) is 6.00. The summed E-state index contributed by atoms with van der Waals surface area (Å²) in [5.74, 6) is -1.11. The fourth-order valence-electron chi connectivity index (χ4n) is 2.91. The molecule has 14 heteroatoms. The Bertz CT molecular complexity index is 1410. The number of benzene rings is 5. The summed E-state index contributed by atoms with van der Waals surface area (Å²) in [4.78, 5) is 10.1. The maximum Gasteiger partial charge on any atom is 0.371 e. The molecule has 258 valence electrons. The van der Waals surface area contributed by atoms with Crippen LogP contribution in [0.1, 0.15) is 10.6 Å². The maximum atomic E-state index is 10.1. The largest absolute Gasteiger partial charge is 0.475 e.